The van der Waals surface area contributed by atoms with E-state index in [2.05, 4.69) is 32.6 Å². The molecule has 1 aliphatic heterocycles. The molecule has 0 saturated carbocycles. The molecular weight excluding hydrogens is 210 g/mol. The number of rotatable bonds is 6. The van der Waals surface area contributed by atoms with Crippen molar-refractivity contribution in [3.8, 4) is 0 Å². The first kappa shape index (κ1) is 14.7. The van der Waals surface area contributed by atoms with Crippen LogP contribution in [0.4, 0.5) is 0 Å². The van der Waals surface area contributed by atoms with Gasteiger partial charge in [-0.2, -0.15) is 0 Å². The quantitative estimate of drug-likeness (QED) is 0.705. The van der Waals surface area contributed by atoms with Gasteiger partial charge in [-0.3, -0.25) is 9.69 Å². The number of likely N-dealkylation sites (tertiary alicyclic amines) is 1. The molecule has 0 bridgehead atoms. The van der Waals surface area contributed by atoms with Crippen molar-refractivity contribution in [3.05, 3.63) is 0 Å². The van der Waals surface area contributed by atoms with Crippen LogP contribution in [-0.2, 0) is 4.79 Å². The maximum absolute atomic E-state index is 12.5. The molecule has 2 nitrogen and oxygen atoms in total. The normalized spacial score (nSPS) is 18.6. The van der Waals surface area contributed by atoms with E-state index < -0.39 is 0 Å². The molecule has 2 heteroatoms. The summed E-state index contributed by atoms with van der Waals surface area (Å²) in [6.45, 7) is 10.8. The first-order valence-electron chi connectivity index (χ1n) is 7.30. The zero-order valence-electron chi connectivity index (χ0n) is 12.1. The van der Waals surface area contributed by atoms with Crippen molar-refractivity contribution in [2.45, 2.75) is 71.8 Å². The predicted octanol–water partition coefficient (Wildman–Crippen LogP) is 3.65. The van der Waals surface area contributed by atoms with Gasteiger partial charge in [-0.15, -0.1) is 0 Å². The molecule has 0 aromatic rings. The Morgan fingerprint density at radius 3 is 2.12 bits per heavy atom. The molecule has 0 spiro atoms. The highest BCUT2D eigenvalue weighted by molar-refractivity contribution is 5.87. The van der Waals surface area contributed by atoms with Crippen molar-refractivity contribution in [3.63, 3.8) is 0 Å². The van der Waals surface area contributed by atoms with Gasteiger partial charge in [0.05, 0.1) is 5.54 Å². The molecule has 100 valence electrons. The van der Waals surface area contributed by atoms with Gasteiger partial charge in [0.15, 0.2) is 5.78 Å². The Balaban J connectivity index is 2.58. The SMILES string of the molecule is CCC(CC)CC(=O)C(C)(C)N1CCCCC1. The van der Waals surface area contributed by atoms with Gasteiger partial charge in [0, 0.05) is 6.42 Å². The third kappa shape index (κ3) is 3.80. The van der Waals surface area contributed by atoms with Gasteiger partial charge in [-0.1, -0.05) is 33.1 Å². The van der Waals surface area contributed by atoms with Gasteiger partial charge in [0.1, 0.15) is 0 Å². The number of hydrogen-bond acceptors (Lipinski definition) is 2. The van der Waals surface area contributed by atoms with Crippen LogP contribution in [0.25, 0.3) is 0 Å². The minimum atomic E-state index is -0.247. The predicted molar refractivity (Wildman–Crippen MR) is 73.2 cm³/mol. The van der Waals surface area contributed by atoms with Gasteiger partial charge >= 0.3 is 0 Å². The van der Waals surface area contributed by atoms with Gasteiger partial charge < -0.3 is 0 Å². The minimum Gasteiger partial charge on any atom is -0.298 e. The minimum absolute atomic E-state index is 0.247. The molecule has 0 atom stereocenters. The number of Topliss-reactive ketones (excluding diaryl/α,β-unsaturated/α-hetero) is 1. The van der Waals surface area contributed by atoms with Crippen LogP contribution >= 0.6 is 0 Å². The molecule has 0 aromatic heterocycles. The Morgan fingerprint density at radius 2 is 1.65 bits per heavy atom. The molecule has 1 fully saturated rings. The highest BCUT2D eigenvalue weighted by Crippen LogP contribution is 2.25. The van der Waals surface area contributed by atoms with Crippen molar-refractivity contribution in [1.29, 1.82) is 0 Å². The third-order valence-electron chi connectivity index (χ3n) is 4.46. The van der Waals surface area contributed by atoms with Gasteiger partial charge in [-0.25, -0.2) is 0 Å². The summed E-state index contributed by atoms with van der Waals surface area (Å²) in [4.78, 5) is 14.8. The molecule has 0 N–H and O–H groups in total. The summed E-state index contributed by atoms with van der Waals surface area (Å²) in [7, 11) is 0. The zero-order chi connectivity index (χ0) is 12.9. The smallest absolute Gasteiger partial charge is 0.152 e. The summed E-state index contributed by atoms with van der Waals surface area (Å²) in [6.07, 6.45) is 6.84. The van der Waals surface area contributed by atoms with Crippen LogP contribution in [0.2, 0.25) is 0 Å². The van der Waals surface area contributed by atoms with Crippen LogP contribution in [0.1, 0.15) is 66.2 Å². The fourth-order valence-electron chi connectivity index (χ4n) is 2.72. The largest absolute Gasteiger partial charge is 0.298 e. The summed E-state index contributed by atoms with van der Waals surface area (Å²) < 4.78 is 0. The van der Waals surface area contributed by atoms with Crippen LogP contribution in [0.3, 0.4) is 0 Å². The second-order valence-corrected chi connectivity index (χ2v) is 5.92. The number of carbonyl (C=O) groups is 1. The molecule has 0 aliphatic carbocycles. The first-order valence-corrected chi connectivity index (χ1v) is 7.30. The maximum Gasteiger partial charge on any atom is 0.152 e. The molecule has 17 heavy (non-hydrogen) atoms. The van der Waals surface area contributed by atoms with Crippen molar-refractivity contribution in [1.82, 2.24) is 4.90 Å². The average molecular weight is 239 g/mol. The standard InChI is InChI=1S/C15H29NO/c1-5-13(6-2)12-14(17)15(3,4)16-10-8-7-9-11-16/h13H,5-12H2,1-4H3. The molecule has 1 saturated heterocycles. The van der Waals surface area contributed by atoms with Crippen molar-refractivity contribution in [2.75, 3.05) is 13.1 Å². The summed E-state index contributed by atoms with van der Waals surface area (Å²) in [6, 6.07) is 0. The monoisotopic (exact) mass is 239 g/mol. The molecule has 1 heterocycles. The molecule has 0 radical (unpaired) electrons. The van der Waals surface area contributed by atoms with Gasteiger partial charge in [0.2, 0.25) is 0 Å². The molecule has 0 aromatic carbocycles. The lowest BCUT2D eigenvalue weighted by molar-refractivity contribution is -0.131. The molecule has 0 amide bonds. The lowest BCUT2D eigenvalue weighted by Crippen LogP contribution is -2.52. The van der Waals surface area contributed by atoms with E-state index in [0.29, 0.717) is 11.7 Å². The Hall–Kier alpha value is -0.370. The summed E-state index contributed by atoms with van der Waals surface area (Å²) in [5.74, 6) is 1.01. The summed E-state index contributed by atoms with van der Waals surface area (Å²) in [5, 5.41) is 0. The van der Waals surface area contributed by atoms with E-state index in [1.54, 1.807) is 0 Å². The van der Waals surface area contributed by atoms with E-state index in [1.807, 2.05) is 0 Å². The highest BCUT2D eigenvalue weighted by atomic mass is 16.1. The van der Waals surface area contributed by atoms with E-state index in [0.717, 1.165) is 32.4 Å². The van der Waals surface area contributed by atoms with Crippen molar-refractivity contribution < 1.29 is 4.79 Å². The Bertz CT molecular complexity index is 237. The van der Waals surface area contributed by atoms with Crippen molar-refractivity contribution >= 4 is 5.78 Å². The highest BCUT2D eigenvalue weighted by Gasteiger charge is 2.35. The van der Waals surface area contributed by atoms with Crippen LogP contribution < -0.4 is 0 Å². The fourth-order valence-corrected chi connectivity index (χ4v) is 2.72. The van der Waals surface area contributed by atoms with Gasteiger partial charge in [0.25, 0.3) is 0 Å². The van der Waals surface area contributed by atoms with E-state index in [1.165, 1.54) is 19.3 Å². The topological polar surface area (TPSA) is 20.3 Å². The molecule has 0 unspecified atom stereocenters. The number of carbonyl (C=O) groups excluding carboxylic acids is 1. The molecule has 1 rings (SSSR count). The van der Waals surface area contributed by atoms with Crippen LogP contribution in [0, 0.1) is 5.92 Å². The van der Waals surface area contributed by atoms with E-state index in [-0.39, 0.29) is 5.54 Å². The Labute approximate surface area is 107 Å². The van der Waals surface area contributed by atoms with E-state index >= 15 is 0 Å². The Kier molecular flexibility index (Phi) is 5.64. The van der Waals surface area contributed by atoms with Crippen LogP contribution in [0.5, 0.6) is 0 Å². The lowest BCUT2D eigenvalue weighted by Gasteiger charge is -2.40. The first-order chi connectivity index (χ1) is 8.02. The average Bonchev–Trinajstić information content (AvgIpc) is 2.36. The summed E-state index contributed by atoms with van der Waals surface area (Å²) in [5.41, 5.74) is -0.247. The number of ketones is 1. The number of nitrogens with zero attached hydrogens (tertiary/aromatic N) is 1. The summed E-state index contributed by atoms with van der Waals surface area (Å²) >= 11 is 0. The second-order valence-electron chi connectivity index (χ2n) is 5.92. The van der Waals surface area contributed by atoms with Gasteiger partial charge in [-0.05, 0) is 45.7 Å². The molecule has 1 aliphatic rings. The van der Waals surface area contributed by atoms with E-state index in [4.69, 9.17) is 0 Å². The second kappa shape index (κ2) is 6.53. The number of piperidine rings is 1. The zero-order valence-corrected chi connectivity index (χ0v) is 12.1. The third-order valence-corrected chi connectivity index (χ3v) is 4.46. The number of hydrogen-bond donors (Lipinski definition) is 0. The van der Waals surface area contributed by atoms with Crippen LogP contribution in [0.15, 0.2) is 0 Å². The maximum atomic E-state index is 12.5. The Morgan fingerprint density at radius 1 is 1.12 bits per heavy atom. The fraction of sp³-hybridized carbons (Fsp3) is 0.933. The van der Waals surface area contributed by atoms with Crippen molar-refractivity contribution in [2.24, 2.45) is 5.92 Å². The van der Waals surface area contributed by atoms with Crippen LogP contribution in [-0.4, -0.2) is 29.3 Å². The molecular formula is C15H29NO. The van der Waals surface area contributed by atoms with E-state index in [9.17, 15) is 4.79 Å². The lowest BCUT2D eigenvalue weighted by atomic mass is 9.86.